The largest absolute Gasteiger partial charge is 0.466 e. The highest BCUT2D eigenvalue weighted by Crippen LogP contribution is 2.25. The van der Waals surface area contributed by atoms with Gasteiger partial charge in [0.25, 0.3) is 0 Å². The molecule has 1 atom stereocenters. The molecule has 0 heterocycles. The van der Waals surface area contributed by atoms with Gasteiger partial charge in [-0.1, -0.05) is 32.1 Å². The molecule has 0 aromatic carbocycles. The first-order valence-electron chi connectivity index (χ1n) is 7.11. The van der Waals surface area contributed by atoms with Crippen LogP contribution in [0.15, 0.2) is 0 Å². The van der Waals surface area contributed by atoms with Crippen LogP contribution in [0.4, 0.5) is 0 Å². The summed E-state index contributed by atoms with van der Waals surface area (Å²) >= 11 is 0. The molecule has 1 rings (SSSR count). The van der Waals surface area contributed by atoms with Gasteiger partial charge in [-0.2, -0.15) is 0 Å². The Morgan fingerprint density at radius 3 is 2.71 bits per heavy atom. The quantitative estimate of drug-likeness (QED) is 0.697. The van der Waals surface area contributed by atoms with Crippen molar-refractivity contribution in [3.8, 4) is 0 Å². The van der Waals surface area contributed by atoms with Crippen LogP contribution in [-0.4, -0.2) is 25.2 Å². The zero-order valence-corrected chi connectivity index (χ0v) is 11.3. The van der Waals surface area contributed by atoms with E-state index in [0.29, 0.717) is 13.0 Å². The molecular weight excluding hydrogens is 214 g/mol. The maximum atomic E-state index is 11.3. The number of hydrogen-bond donors (Lipinski definition) is 1. The molecule has 0 bridgehead atoms. The summed E-state index contributed by atoms with van der Waals surface area (Å²) in [6.45, 7) is 5.41. The maximum Gasteiger partial charge on any atom is 0.307 e. The predicted octanol–water partition coefficient (Wildman–Crippen LogP) is 2.89. The fraction of sp³-hybridized carbons (Fsp3) is 0.929. The number of rotatable bonds is 7. The Hall–Kier alpha value is -0.570. The lowest BCUT2D eigenvalue weighted by Crippen LogP contribution is -2.31. The van der Waals surface area contributed by atoms with E-state index >= 15 is 0 Å². The van der Waals surface area contributed by atoms with Crippen molar-refractivity contribution in [2.45, 2.75) is 64.8 Å². The topological polar surface area (TPSA) is 38.3 Å². The van der Waals surface area contributed by atoms with E-state index in [1.54, 1.807) is 0 Å². The van der Waals surface area contributed by atoms with Crippen LogP contribution in [0.2, 0.25) is 0 Å². The number of hydrogen-bond acceptors (Lipinski definition) is 3. The number of carbonyl (C=O) groups excluding carboxylic acids is 1. The van der Waals surface area contributed by atoms with Crippen LogP contribution in [0, 0.1) is 5.92 Å². The average Bonchev–Trinajstić information content (AvgIpc) is 2.30. The summed E-state index contributed by atoms with van der Waals surface area (Å²) in [5, 5.41) is 3.42. The zero-order chi connectivity index (χ0) is 12.5. The molecule has 0 radical (unpaired) electrons. The first-order valence-corrected chi connectivity index (χ1v) is 7.11. The van der Waals surface area contributed by atoms with E-state index in [1.165, 1.54) is 38.5 Å². The van der Waals surface area contributed by atoms with Gasteiger partial charge >= 0.3 is 5.97 Å². The Morgan fingerprint density at radius 2 is 2.06 bits per heavy atom. The summed E-state index contributed by atoms with van der Waals surface area (Å²) in [6.07, 6.45) is 8.77. The highest BCUT2D eigenvalue weighted by molar-refractivity contribution is 5.69. The van der Waals surface area contributed by atoms with Crippen LogP contribution < -0.4 is 5.32 Å². The first kappa shape index (κ1) is 14.5. The van der Waals surface area contributed by atoms with Gasteiger partial charge in [0, 0.05) is 6.04 Å². The van der Waals surface area contributed by atoms with Gasteiger partial charge in [-0.3, -0.25) is 4.79 Å². The van der Waals surface area contributed by atoms with Gasteiger partial charge in [0.1, 0.15) is 0 Å². The van der Waals surface area contributed by atoms with E-state index in [4.69, 9.17) is 4.74 Å². The highest BCUT2D eigenvalue weighted by atomic mass is 16.5. The van der Waals surface area contributed by atoms with Crippen molar-refractivity contribution in [3.63, 3.8) is 0 Å². The van der Waals surface area contributed by atoms with Crippen molar-refractivity contribution >= 4 is 5.97 Å². The lowest BCUT2D eigenvalue weighted by atomic mass is 9.87. The van der Waals surface area contributed by atoms with Gasteiger partial charge in [-0.25, -0.2) is 0 Å². The van der Waals surface area contributed by atoms with Crippen LogP contribution in [0.3, 0.4) is 0 Å². The first-order chi connectivity index (χ1) is 8.22. The van der Waals surface area contributed by atoms with Gasteiger partial charge in [-0.05, 0) is 32.7 Å². The van der Waals surface area contributed by atoms with Crippen LogP contribution >= 0.6 is 0 Å². The molecule has 0 aromatic rings. The molecule has 1 saturated carbocycles. The Balaban J connectivity index is 2.02. The molecule has 3 heteroatoms. The molecule has 0 amide bonds. The minimum absolute atomic E-state index is 0.0924. The summed E-state index contributed by atoms with van der Waals surface area (Å²) in [7, 11) is 0. The summed E-state index contributed by atoms with van der Waals surface area (Å²) in [5.41, 5.74) is 0. The molecule has 17 heavy (non-hydrogen) atoms. The van der Waals surface area contributed by atoms with Crippen molar-refractivity contribution in [1.82, 2.24) is 5.32 Å². The molecule has 1 aliphatic carbocycles. The molecule has 3 nitrogen and oxygen atoms in total. The molecule has 1 unspecified atom stereocenters. The monoisotopic (exact) mass is 241 g/mol. The third kappa shape index (κ3) is 6.67. The lowest BCUT2D eigenvalue weighted by Gasteiger charge is -2.22. The molecule has 0 spiro atoms. The standard InChI is InChI=1S/C14H27NO2/c1-3-17-14(16)11-12(2)15-10-9-13-7-5-4-6-8-13/h12-13,15H,3-11H2,1-2H3. The third-order valence-corrected chi connectivity index (χ3v) is 3.55. The number of esters is 1. The Morgan fingerprint density at radius 1 is 1.35 bits per heavy atom. The second kappa shape index (κ2) is 8.51. The second-order valence-corrected chi connectivity index (χ2v) is 5.16. The fourth-order valence-corrected chi connectivity index (χ4v) is 2.55. The third-order valence-electron chi connectivity index (χ3n) is 3.55. The minimum atomic E-state index is -0.0924. The van der Waals surface area contributed by atoms with Gasteiger partial charge in [0.2, 0.25) is 0 Å². The molecule has 0 saturated heterocycles. The molecule has 1 fully saturated rings. The van der Waals surface area contributed by atoms with Crippen molar-refractivity contribution in [2.75, 3.05) is 13.2 Å². The van der Waals surface area contributed by atoms with Gasteiger partial charge in [-0.15, -0.1) is 0 Å². The van der Waals surface area contributed by atoms with E-state index in [2.05, 4.69) is 12.2 Å². The van der Waals surface area contributed by atoms with Crippen LogP contribution in [-0.2, 0) is 9.53 Å². The van der Waals surface area contributed by atoms with Crippen LogP contribution in [0.5, 0.6) is 0 Å². The number of ether oxygens (including phenoxy) is 1. The summed E-state index contributed by atoms with van der Waals surface area (Å²) in [4.78, 5) is 11.3. The SMILES string of the molecule is CCOC(=O)CC(C)NCCC1CCCCC1. The minimum Gasteiger partial charge on any atom is -0.466 e. The highest BCUT2D eigenvalue weighted by Gasteiger charge is 2.14. The van der Waals surface area contributed by atoms with E-state index in [-0.39, 0.29) is 12.0 Å². The molecule has 0 aromatic heterocycles. The van der Waals surface area contributed by atoms with Crippen LogP contribution in [0.1, 0.15) is 58.8 Å². The second-order valence-electron chi connectivity index (χ2n) is 5.16. The van der Waals surface area contributed by atoms with Gasteiger partial charge < -0.3 is 10.1 Å². The normalized spacial score (nSPS) is 18.9. The molecule has 1 aliphatic rings. The Bertz CT molecular complexity index is 212. The smallest absolute Gasteiger partial charge is 0.307 e. The molecule has 0 aliphatic heterocycles. The molecular formula is C14H27NO2. The Labute approximate surface area is 105 Å². The van der Waals surface area contributed by atoms with Crippen molar-refractivity contribution < 1.29 is 9.53 Å². The molecule has 100 valence electrons. The van der Waals surface area contributed by atoms with Crippen molar-refractivity contribution in [2.24, 2.45) is 5.92 Å². The summed E-state index contributed by atoms with van der Waals surface area (Å²) in [5.74, 6) is 0.816. The predicted molar refractivity (Wildman–Crippen MR) is 69.9 cm³/mol. The maximum absolute atomic E-state index is 11.3. The zero-order valence-electron chi connectivity index (χ0n) is 11.3. The molecule has 1 N–H and O–H groups in total. The van der Waals surface area contributed by atoms with Crippen molar-refractivity contribution in [3.05, 3.63) is 0 Å². The average molecular weight is 241 g/mol. The van der Waals surface area contributed by atoms with E-state index in [9.17, 15) is 4.79 Å². The van der Waals surface area contributed by atoms with Gasteiger partial charge in [0.15, 0.2) is 0 Å². The Kier molecular flexibility index (Phi) is 7.25. The van der Waals surface area contributed by atoms with Crippen molar-refractivity contribution in [1.29, 1.82) is 0 Å². The lowest BCUT2D eigenvalue weighted by molar-refractivity contribution is -0.143. The van der Waals surface area contributed by atoms with Crippen LogP contribution in [0.25, 0.3) is 0 Å². The van der Waals surface area contributed by atoms with E-state index in [0.717, 1.165) is 12.5 Å². The number of carbonyl (C=O) groups is 1. The van der Waals surface area contributed by atoms with E-state index in [1.807, 2.05) is 6.92 Å². The fourth-order valence-electron chi connectivity index (χ4n) is 2.55. The van der Waals surface area contributed by atoms with Gasteiger partial charge in [0.05, 0.1) is 13.0 Å². The van der Waals surface area contributed by atoms with E-state index < -0.39 is 0 Å². The number of nitrogens with one attached hydrogen (secondary N) is 1. The summed E-state index contributed by atoms with van der Waals surface area (Å²) < 4.78 is 4.93. The summed E-state index contributed by atoms with van der Waals surface area (Å²) in [6, 6.07) is 0.234.